The van der Waals surface area contributed by atoms with Gasteiger partial charge in [0.2, 0.25) is 5.91 Å². The molecule has 2 aliphatic rings. The van der Waals surface area contributed by atoms with Crippen molar-refractivity contribution in [3.8, 4) is 5.75 Å². The van der Waals surface area contributed by atoms with E-state index in [0.29, 0.717) is 19.6 Å². The van der Waals surface area contributed by atoms with Crippen LogP contribution in [0, 0.1) is 0 Å². The van der Waals surface area contributed by atoms with Crippen LogP contribution in [0.5, 0.6) is 5.75 Å². The van der Waals surface area contributed by atoms with E-state index in [1.165, 1.54) is 0 Å². The quantitative estimate of drug-likeness (QED) is 0.766. The molecule has 21 heavy (non-hydrogen) atoms. The number of ether oxygens (including phenoxy) is 1. The molecule has 3 atom stereocenters. The molecule has 1 fully saturated rings. The molecule has 116 valence electrons. The summed E-state index contributed by atoms with van der Waals surface area (Å²) in [6, 6.07) is 7.55. The topological polar surface area (TPSA) is 70.6 Å². The average Bonchev–Trinajstić information content (AvgIpc) is 2.79. The normalized spacial score (nSPS) is 27.8. The summed E-state index contributed by atoms with van der Waals surface area (Å²) < 4.78 is 5.70. The molecule has 1 amide bonds. The van der Waals surface area contributed by atoms with Crippen LogP contribution in [0.15, 0.2) is 24.3 Å². The van der Waals surface area contributed by atoms with Gasteiger partial charge in [0.1, 0.15) is 5.75 Å². The molecule has 0 radical (unpaired) electrons. The van der Waals surface area contributed by atoms with Crippen LogP contribution in [0.4, 0.5) is 0 Å². The Hall–Kier alpha value is -1.30. The fourth-order valence-corrected chi connectivity index (χ4v) is 2.86. The number of benzene rings is 1. The van der Waals surface area contributed by atoms with E-state index in [-0.39, 0.29) is 30.4 Å². The molecule has 0 spiro atoms. The summed E-state index contributed by atoms with van der Waals surface area (Å²) >= 11 is 0. The summed E-state index contributed by atoms with van der Waals surface area (Å²) in [7, 11) is 0. The molecule has 0 aliphatic carbocycles. The highest BCUT2D eigenvalue weighted by Gasteiger charge is 2.30. The predicted molar refractivity (Wildman–Crippen MR) is 81.7 cm³/mol. The molecule has 2 heterocycles. The van der Waals surface area contributed by atoms with Gasteiger partial charge in [-0.15, -0.1) is 12.4 Å². The average molecular weight is 313 g/mol. The molecule has 2 aliphatic heterocycles. The van der Waals surface area contributed by atoms with Crippen molar-refractivity contribution in [2.45, 2.75) is 37.5 Å². The second-order valence-corrected chi connectivity index (χ2v) is 5.44. The third-order valence-corrected chi connectivity index (χ3v) is 3.93. The van der Waals surface area contributed by atoms with Gasteiger partial charge >= 0.3 is 0 Å². The first-order chi connectivity index (χ1) is 9.74. The number of hydrogen-bond donors (Lipinski definition) is 3. The Bertz CT molecular complexity index is 498. The summed E-state index contributed by atoms with van der Waals surface area (Å²) in [6.45, 7) is 1.17. The van der Waals surface area contributed by atoms with Crippen LogP contribution in [0.25, 0.3) is 0 Å². The van der Waals surface area contributed by atoms with Crippen LogP contribution in [0.1, 0.15) is 30.9 Å². The van der Waals surface area contributed by atoms with E-state index >= 15 is 0 Å². The maximum Gasteiger partial charge on any atom is 0.237 e. The zero-order valence-electron chi connectivity index (χ0n) is 11.7. The fraction of sp³-hybridized carbons (Fsp3) is 0.533. The number of β-amino-alcohol motifs (C(OH)–C–C–N with tert-alkyl or cyclic N) is 1. The van der Waals surface area contributed by atoms with Crippen molar-refractivity contribution in [1.82, 2.24) is 10.6 Å². The van der Waals surface area contributed by atoms with E-state index in [1.54, 1.807) is 0 Å². The summed E-state index contributed by atoms with van der Waals surface area (Å²) in [5.74, 6) is 0.818. The number of nitrogens with one attached hydrogen (secondary N) is 2. The Morgan fingerprint density at radius 2 is 2.19 bits per heavy atom. The van der Waals surface area contributed by atoms with Gasteiger partial charge < -0.3 is 20.5 Å². The monoisotopic (exact) mass is 312 g/mol. The standard InChI is InChI=1S/C15H20N2O3.ClH/c18-10-8-13(16-9-10)15(19)17-12-5-3-7-20-14-6-2-1-4-11(12)14;/h1-2,4,6,10,12-13,16,18H,3,5,7-9H2,(H,17,19);1H. The number of hydrogen-bond acceptors (Lipinski definition) is 4. The third-order valence-electron chi connectivity index (χ3n) is 3.93. The number of aliphatic hydroxyl groups excluding tert-OH is 1. The lowest BCUT2D eigenvalue weighted by Crippen LogP contribution is -2.42. The van der Waals surface area contributed by atoms with E-state index in [2.05, 4.69) is 10.6 Å². The van der Waals surface area contributed by atoms with Crippen molar-refractivity contribution in [3.05, 3.63) is 29.8 Å². The highest BCUT2D eigenvalue weighted by Crippen LogP contribution is 2.31. The molecular weight excluding hydrogens is 292 g/mol. The van der Waals surface area contributed by atoms with Crippen LogP contribution in [0.3, 0.4) is 0 Å². The Morgan fingerprint density at radius 3 is 2.95 bits per heavy atom. The van der Waals surface area contributed by atoms with Crippen LogP contribution >= 0.6 is 12.4 Å². The van der Waals surface area contributed by atoms with Gasteiger partial charge in [0.05, 0.1) is 24.8 Å². The number of fused-ring (bicyclic) bond motifs is 1. The van der Waals surface area contributed by atoms with Crippen molar-refractivity contribution >= 4 is 18.3 Å². The van der Waals surface area contributed by atoms with Gasteiger partial charge in [0, 0.05) is 12.1 Å². The van der Waals surface area contributed by atoms with Crippen LogP contribution in [-0.4, -0.2) is 36.3 Å². The molecule has 3 N–H and O–H groups in total. The SMILES string of the molecule is Cl.O=C(NC1CCCOc2ccccc21)C1CC(O)CN1. The molecule has 3 unspecified atom stereocenters. The lowest BCUT2D eigenvalue weighted by molar-refractivity contribution is -0.123. The summed E-state index contributed by atoms with van der Waals surface area (Å²) in [5.41, 5.74) is 1.04. The Morgan fingerprint density at radius 1 is 1.38 bits per heavy atom. The Balaban J connectivity index is 0.00000161. The summed E-state index contributed by atoms with van der Waals surface area (Å²) in [6.07, 6.45) is 1.85. The maximum atomic E-state index is 12.3. The van der Waals surface area contributed by atoms with Crippen molar-refractivity contribution < 1.29 is 14.6 Å². The number of aliphatic hydroxyl groups is 1. The van der Waals surface area contributed by atoms with Gasteiger partial charge in [-0.2, -0.15) is 0 Å². The zero-order valence-corrected chi connectivity index (χ0v) is 12.6. The van der Waals surface area contributed by atoms with Gasteiger partial charge in [0.25, 0.3) is 0 Å². The number of halogens is 1. The second-order valence-electron chi connectivity index (χ2n) is 5.44. The van der Waals surface area contributed by atoms with Gasteiger partial charge in [-0.3, -0.25) is 4.79 Å². The molecule has 1 saturated heterocycles. The molecule has 3 rings (SSSR count). The predicted octanol–water partition coefficient (Wildman–Crippen LogP) is 1.16. The van der Waals surface area contributed by atoms with Crippen LogP contribution < -0.4 is 15.4 Å². The Kier molecular flexibility index (Phi) is 5.45. The van der Waals surface area contributed by atoms with E-state index < -0.39 is 6.10 Å². The first-order valence-corrected chi connectivity index (χ1v) is 7.17. The van der Waals surface area contributed by atoms with Gasteiger partial charge in [-0.05, 0) is 25.3 Å². The van der Waals surface area contributed by atoms with E-state index in [1.807, 2.05) is 24.3 Å². The smallest absolute Gasteiger partial charge is 0.237 e. The number of amides is 1. The lowest BCUT2D eigenvalue weighted by atomic mass is 10.0. The Labute approximate surface area is 130 Å². The molecule has 1 aromatic rings. The zero-order chi connectivity index (χ0) is 13.9. The molecule has 6 heteroatoms. The van der Waals surface area contributed by atoms with Crippen molar-refractivity contribution in [2.75, 3.05) is 13.2 Å². The minimum absolute atomic E-state index is 0. The molecule has 5 nitrogen and oxygen atoms in total. The third kappa shape index (κ3) is 3.67. The second kappa shape index (κ2) is 7.11. The van der Waals surface area contributed by atoms with Crippen LogP contribution in [-0.2, 0) is 4.79 Å². The highest BCUT2D eigenvalue weighted by atomic mass is 35.5. The van der Waals surface area contributed by atoms with E-state index in [4.69, 9.17) is 4.74 Å². The largest absolute Gasteiger partial charge is 0.493 e. The van der Waals surface area contributed by atoms with E-state index in [9.17, 15) is 9.90 Å². The minimum atomic E-state index is -0.421. The molecule has 1 aromatic carbocycles. The summed E-state index contributed by atoms with van der Waals surface area (Å²) in [5, 5.41) is 15.6. The first kappa shape index (κ1) is 16.1. The summed E-state index contributed by atoms with van der Waals surface area (Å²) in [4.78, 5) is 12.3. The number of rotatable bonds is 2. The lowest BCUT2D eigenvalue weighted by Gasteiger charge is -2.20. The number of para-hydroxylation sites is 1. The van der Waals surface area contributed by atoms with Gasteiger partial charge in [0.15, 0.2) is 0 Å². The minimum Gasteiger partial charge on any atom is -0.493 e. The van der Waals surface area contributed by atoms with E-state index in [0.717, 1.165) is 24.2 Å². The number of carbonyl (C=O) groups is 1. The van der Waals surface area contributed by atoms with Gasteiger partial charge in [-0.1, -0.05) is 18.2 Å². The molecular formula is C15H21ClN2O3. The van der Waals surface area contributed by atoms with Gasteiger partial charge in [-0.25, -0.2) is 0 Å². The fourth-order valence-electron chi connectivity index (χ4n) is 2.86. The molecule has 0 bridgehead atoms. The molecule has 0 aromatic heterocycles. The maximum absolute atomic E-state index is 12.3. The highest BCUT2D eigenvalue weighted by molar-refractivity contribution is 5.85. The van der Waals surface area contributed by atoms with Crippen LogP contribution in [0.2, 0.25) is 0 Å². The first-order valence-electron chi connectivity index (χ1n) is 7.17. The van der Waals surface area contributed by atoms with Crippen molar-refractivity contribution in [1.29, 1.82) is 0 Å². The molecule has 0 saturated carbocycles. The van der Waals surface area contributed by atoms with Crippen molar-refractivity contribution in [3.63, 3.8) is 0 Å². The number of carbonyl (C=O) groups excluding carboxylic acids is 1. The van der Waals surface area contributed by atoms with Crippen molar-refractivity contribution in [2.24, 2.45) is 0 Å².